The van der Waals surface area contributed by atoms with Gasteiger partial charge < -0.3 is 10.1 Å². The molecule has 1 N–H and O–H groups in total. The molecule has 0 spiro atoms. The maximum Gasteiger partial charge on any atom is 0.257 e. The summed E-state index contributed by atoms with van der Waals surface area (Å²) in [7, 11) is 0. The lowest BCUT2D eigenvalue weighted by Gasteiger charge is -2.10. The molecule has 23 heavy (non-hydrogen) atoms. The molecule has 0 fully saturated rings. The van der Waals surface area contributed by atoms with Crippen molar-refractivity contribution in [3.63, 3.8) is 0 Å². The normalized spacial score (nSPS) is 10.3. The summed E-state index contributed by atoms with van der Waals surface area (Å²) in [4.78, 5) is 12.2. The molecular formula is C19H22ClNO2. The minimum absolute atomic E-state index is 0.226. The van der Waals surface area contributed by atoms with Gasteiger partial charge in [0.25, 0.3) is 5.91 Å². The van der Waals surface area contributed by atoms with Crippen LogP contribution in [0.4, 0.5) is 5.69 Å². The van der Waals surface area contributed by atoms with Crippen molar-refractivity contribution in [2.45, 2.75) is 32.6 Å². The molecule has 0 radical (unpaired) electrons. The molecule has 0 heterocycles. The predicted molar refractivity (Wildman–Crippen MR) is 95.5 cm³/mol. The third-order valence-electron chi connectivity index (χ3n) is 3.48. The van der Waals surface area contributed by atoms with Gasteiger partial charge in [-0.15, -0.1) is 0 Å². The van der Waals surface area contributed by atoms with Gasteiger partial charge in [-0.2, -0.15) is 0 Å². The highest BCUT2D eigenvalue weighted by Crippen LogP contribution is 2.20. The largest absolute Gasteiger partial charge is 0.494 e. The summed E-state index contributed by atoms with van der Waals surface area (Å²) in [6.45, 7) is 2.88. The van der Waals surface area contributed by atoms with E-state index < -0.39 is 0 Å². The Balaban J connectivity index is 1.92. The van der Waals surface area contributed by atoms with Crippen LogP contribution >= 0.6 is 11.6 Å². The fraction of sp³-hybridized carbons (Fsp3) is 0.316. The van der Waals surface area contributed by atoms with Crippen molar-refractivity contribution in [3.05, 3.63) is 59.1 Å². The molecule has 1 amide bonds. The number of ether oxygens (including phenoxy) is 1. The van der Waals surface area contributed by atoms with E-state index in [0.29, 0.717) is 22.9 Å². The maximum absolute atomic E-state index is 12.2. The molecule has 0 saturated heterocycles. The Hall–Kier alpha value is -2.00. The number of hydrogen-bond donors (Lipinski definition) is 1. The van der Waals surface area contributed by atoms with Crippen LogP contribution in [0.15, 0.2) is 48.5 Å². The molecule has 0 aliphatic rings. The Labute approximate surface area is 142 Å². The van der Waals surface area contributed by atoms with Gasteiger partial charge in [-0.05, 0) is 30.7 Å². The first-order valence-corrected chi connectivity index (χ1v) is 8.37. The molecule has 0 saturated carbocycles. The lowest BCUT2D eigenvalue weighted by atomic mass is 10.2. The highest BCUT2D eigenvalue weighted by atomic mass is 35.5. The van der Waals surface area contributed by atoms with E-state index in [9.17, 15) is 4.79 Å². The third kappa shape index (κ3) is 5.61. The van der Waals surface area contributed by atoms with E-state index in [1.54, 1.807) is 24.3 Å². The Morgan fingerprint density at radius 2 is 1.91 bits per heavy atom. The first-order valence-electron chi connectivity index (χ1n) is 7.99. The summed E-state index contributed by atoms with van der Waals surface area (Å²) in [6.07, 6.45) is 4.67. The van der Waals surface area contributed by atoms with E-state index in [1.807, 2.05) is 24.3 Å². The van der Waals surface area contributed by atoms with Crippen molar-refractivity contribution in [3.8, 4) is 5.75 Å². The highest BCUT2D eigenvalue weighted by molar-refractivity contribution is 6.34. The summed E-state index contributed by atoms with van der Waals surface area (Å²) in [5, 5.41) is 3.29. The average Bonchev–Trinajstić information content (AvgIpc) is 2.55. The topological polar surface area (TPSA) is 38.3 Å². The number of unbranched alkanes of at least 4 members (excludes halogenated alkanes) is 3. The van der Waals surface area contributed by atoms with E-state index in [4.69, 9.17) is 16.3 Å². The zero-order chi connectivity index (χ0) is 16.5. The number of carbonyl (C=O) groups is 1. The first-order chi connectivity index (χ1) is 11.2. The van der Waals surface area contributed by atoms with Gasteiger partial charge in [0.2, 0.25) is 0 Å². The van der Waals surface area contributed by atoms with Crippen LogP contribution in [0.1, 0.15) is 43.0 Å². The number of hydrogen-bond acceptors (Lipinski definition) is 2. The van der Waals surface area contributed by atoms with E-state index in [2.05, 4.69) is 12.2 Å². The number of benzene rings is 2. The summed E-state index contributed by atoms with van der Waals surface area (Å²) < 4.78 is 5.73. The predicted octanol–water partition coefficient (Wildman–Crippen LogP) is 5.55. The van der Waals surface area contributed by atoms with Crippen LogP contribution in [0.5, 0.6) is 5.75 Å². The Bertz CT molecular complexity index is 643. The van der Waals surface area contributed by atoms with Gasteiger partial charge in [0.1, 0.15) is 5.75 Å². The number of carbonyl (C=O) groups excluding carboxylic acids is 1. The van der Waals surface area contributed by atoms with Crippen LogP contribution in [-0.4, -0.2) is 12.5 Å². The standard InChI is InChI=1S/C19H22ClNO2/c1-2-3-4-7-13-23-16-10-8-9-15(14-16)21-19(22)17-11-5-6-12-18(17)20/h5-6,8-12,14H,2-4,7,13H2,1H3,(H,21,22). The monoisotopic (exact) mass is 331 g/mol. The molecule has 0 aromatic heterocycles. The van der Waals surface area contributed by atoms with Crippen LogP contribution in [-0.2, 0) is 0 Å². The van der Waals surface area contributed by atoms with Crippen molar-refractivity contribution < 1.29 is 9.53 Å². The minimum Gasteiger partial charge on any atom is -0.494 e. The Morgan fingerprint density at radius 3 is 2.70 bits per heavy atom. The molecule has 2 aromatic carbocycles. The van der Waals surface area contributed by atoms with E-state index in [0.717, 1.165) is 12.2 Å². The third-order valence-corrected chi connectivity index (χ3v) is 3.81. The van der Waals surface area contributed by atoms with Crippen molar-refractivity contribution in [1.29, 1.82) is 0 Å². The smallest absolute Gasteiger partial charge is 0.257 e. The van der Waals surface area contributed by atoms with Crippen molar-refractivity contribution in [2.75, 3.05) is 11.9 Å². The van der Waals surface area contributed by atoms with E-state index >= 15 is 0 Å². The molecule has 4 heteroatoms. The SMILES string of the molecule is CCCCCCOc1cccc(NC(=O)c2ccccc2Cl)c1. The molecule has 0 unspecified atom stereocenters. The fourth-order valence-electron chi connectivity index (χ4n) is 2.23. The van der Waals surface area contributed by atoms with Crippen LogP contribution in [0.25, 0.3) is 0 Å². The quantitative estimate of drug-likeness (QED) is 0.644. The number of anilines is 1. The average molecular weight is 332 g/mol. The van der Waals surface area contributed by atoms with E-state index in [1.165, 1.54) is 19.3 Å². The van der Waals surface area contributed by atoms with Gasteiger partial charge in [-0.3, -0.25) is 4.79 Å². The van der Waals surface area contributed by atoms with Crippen LogP contribution in [0, 0.1) is 0 Å². The highest BCUT2D eigenvalue weighted by Gasteiger charge is 2.10. The lowest BCUT2D eigenvalue weighted by Crippen LogP contribution is -2.12. The maximum atomic E-state index is 12.2. The zero-order valence-electron chi connectivity index (χ0n) is 13.3. The molecule has 0 aliphatic carbocycles. The number of halogens is 1. The Morgan fingerprint density at radius 1 is 1.09 bits per heavy atom. The molecule has 0 aliphatic heterocycles. The zero-order valence-corrected chi connectivity index (χ0v) is 14.1. The second-order valence-electron chi connectivity index (χ2n) is 5.37. The van der Waals surface area contributed by atoms with Crippen molar-refractivity contribution >= 4 is 23.2 Å². The van der Waals surface area contributed by atoms with Gasteiger partial charge in [0.05, 0.1) is 17.2 Å². The molecule has 3 nitrogen and oxygen atoms in total. The number of rotatable bonds is 8. The summed E-state index contributed by atoms with van der Waals surface area (Å²) >= 11 is 6.04. The molecule has 2 rings (SSSR count). The minimum atomic E-state index is -0.226. The van der Waals surface area contributed by atoms with Gasteiger partial charge in [-0.25, -0.2) is 0 Å². The van der Waals surface area contributed by atoms with Crippen molar-refractivity contribution in [1.82, 2.24) is 0 Å². The number of amides is 1. The molecule has 2 aromatic rings. The van der Waals surface area contributed by atoms with Crippen molar-refractivity contribution in [2.24, 2.45) is 0 Å². The first kappa shape index (κ1) is 17.4. The molecule has 0 atom stereocenters. The number of nitrogens with one attached hydrogen (secondary N) is 1. The molecular weight excluding hydrogens is 310 g/mol. The summed E-state index contributed by atoms with van der Waals surface area (Å²) in [5.74, 6) is 0.536. The van der Waals surface area contributed by atoms with Gasteiger partial charge in [-0.1, -0.05) is 56.0 Å². The fourth-order valence-corrected chi connectivity index (χ4v) is 2.45. The second-order valence-corrected chi connectivity index (χ2v) is 5.78. The van der Waals surface area contributed by atoms with Crippen LogP contribution < -0.4 is 10.1 Å². The Kier molecular flexibility index (Phi) is 6.95. The lowest BCUT2D eigenvalue weighted by molar-refractivity contribution is 0.102. The summed E-state index contributed by atoms with van der Waals surface area (Å²) in [6, 6.07) is 14.4. The van der Waals surface area contributed by atoms with Gasteiger partial charge in [0.15, 0.2) is 0 Å². The van der Waals surface area contributed by atoms with Gasteiger partial charge >= 0.3 is 0 Å². The van der Waals surface area contributed by atoms with E-state index in [-0.39, 0.29) is 5.91 Å². The van der Waals surface area contributed by atoms with Crippen LogP contribution in [0.2, 0.25) is 5.02 Å². The summed E-state index contributed by atoms with van der Waals surface area (Å²) in [5.41, 5.74) is 1.15. The molecule has 0 bridgehead atoms. The van der Waals surface area contributed by atoms with Gasteiger partial charge in [0, 0.05) is 11.8 Å². The van der Waals surface area contributed by atoms with Crippen LogP contribution in [0.3, 0.4) is 0 Å². The molecule has 122 valence electrons. The second kappa shape index (κ2) is 9.21.